The minimum Gasteiger partial charge on any atom is -0.274 e. The number of carbonyl (C=O) groups excluding carboxylic acids is 2. The molecule has 0 saturated carbocycles. The fourth-order valence-electron chi connectivity index (χ4n) is 2.09. The summed E-state index contributed by atoms with van der Waals surface area (Å²) in [6.07, 6.45) is 0.554. The third-order valence-corrected chi connectivity index (χ3v) is 4.52. The number of halogens is 1. The van der Waals surface area contributed by atoms with Crippen LogP contribution in [-0.4, -0.2) is 28.9 Å². The van der Waals surface area contributed by atoms with E-state index in [4.69, 9.17) is 11.6 Å². The topological polar surface area (TPSA) is 49.7 Å². The number of carbonyl (C=O) groups is 2. The average Bonchev–Trinajstić information content (AvgIpc) is 2.35. The van der Waals surface area contributed by atoms with Crippen LogP contribution >= 0.6 is 23.4 Å². The Morgan fingerprint density at radius 1 is 1.44 bits per heavy atom. The smallest absolute Gasteiger partial charge is 0.274 e. The number of hydrogen-bond donors (Lipinski definition) is 0. The fourth-order valence-corrected chi connectivity index (χ4v) is 3.37. The zero-order valence-corrected chi connectivity index (χ0v) is 11.1. The van der Waals surface area contributed by atoms with Gasteiger partial charge in [0.25, 0.3) is 0 Å². The molecule has 18 heavy (non-hydrogen) atoms. The molecule has 1 atom stereocenters. The van der Waals surface area contributed by atoms with Crippen LogP contribution in [0.25, 0.3) is 0 Å². The summed E-state index contributed by atoms with van der Waals surface area (Å²) >= 11 is 7.33. The van der Waals surface area contributed by atoms with Crippen molar-refractivity contribution >= 4 is 40.3 Å². The highest BCUT2D eigenvalue weighted by Crippen LogP contribution is 2.38. The van der Waals surface area contributed by atoms with Crippen LogP contribution in [0.3, 0.4) is 0 Å². The van der Waals surface area contributed by atoms with Crippen LogP contribution in [0.5, 0.6) is 0 Å². The molecular weight excluding hydrogens is 272 g/mol. The summed E-state index contributed by atoms with van der Waals surface area (Å²) in [7, 11) is 1.46. The Kier molecular flexibility index (Phi) is 2.68. The van der Waals surface area contributed by atoms with Crippen molar-refractivity contribution in [2.45, 2.75) is 11.3 Å². The number of benzene rings is 1. The Balaban J connectivity index is 2.06. The largest absolute Gasteiger partial charge is 0.350 e. The van der Waals surface area contributed by atoms with Gasteiger partial charge in [0.2, 0.25) is 5.91 Å². The van der Waals surface area contributed by atoms with Gasteiger partial charge in [0, 0.05) is 17.0 Å². The van der Waals surface area contributed by atoms with E-state index < -0.39 is 6.03 Å². The van der Waals surface area contributed by atoms with E-state index in [1.54, 1.807) is 6.07 Å². The Morgan fingerprint density at radius 3 is 3.00 bits per heavy atom. The third kappa shape index (κ3) is 1.74. The second kappa shape index (κ2) is 4.10. The summed E-state index contributed by atoms with van der Waals surface area (Å²) in [4.78, 5) is 29.6. The molecule has 0 aliphatic carbocycles. The predicted molar refractivity (Wildman–Crippen MR) is 70.1 cm³/mol. The zero-order valence-electron chi connectivity index (χ0n) is 9.51. The Bertz CT molecular complexity index is 600. The van der Waals surface area contributed by atoms with E-state index in [0.717, 1.165) is 15.4 Å². The second-order valence-electron chi connectivity index (χ2n) is 4.24. The molecule has 1 aromatic carbocycles. The molecule has 3 amide bonds. The van der Waals surface area contributed by atoms with Crippen LogP contribution in [-0.2, 0) is 11.2 Å². The molecule has 4 nitrogen and oxygen atoms in total. The van der Waals surface area contributed by atoms with Crippen LogP contribution < -0.4 is 0 Å². The van der Waals surface area contributed by atoms with E-state index in [1.165, 1.54) is 18.8 Å². The highest BCUT2D eigenvalue weighted by Gasteiger charge is 2.38. The predicted octanol–water partition coefficient (Wildman–Crippen LogP) is 2.59. The van der Waals surface area contributed by atoms with E-state index in [-0.39, 0.29) is 11.8 Å². The molecule has 3 rings (SSSR count). The van der Waals surface area contributed by atoms with Crippen LogP contribution in [0.15, 0.2) is 28.1 Å². The van der Waals surface area contributed by atoms with Crippen molar-refractivity contribution in [1.29, 1.82) is 0 Å². The van der Waals surface area contributed by atoms with Crippen LogP contribution in [0, 0.1) is 5.92 Å². The molecule has 0 fully saturated rings. The van der Waals surface area contributed by atoms with Gasteiger partial charge in [-0.2, -0.15) is 4.99 Å². The number of rotatable bonds is 0. The molecule has 2 aliphatic rings. The minimum atomic E-state index is -0.490. The first-order valence-corrected chi connectivity index (χ1v) is 6.62. The molecule has 0 radical (unpaired) electrons. The lowest BCUT2D eigenvalue weighted by Gasteiger charge is -2.30. The number of amides is 3. The van der Waals surface area contributed by atoms with E-state index in [1.807, 2.05) is 12.1 Å². The maximum atomic E-state index is 12.0. The third-order valence-electron chi connectivity index (χ3n) is 3.08. The van der Waals surface area contributed by atoms with E-state index in [2.05, 4.69) is 4.99 Å². The summed E-state index contributed by atoms with van der Waals surface area (Å²) in [5, 5.41) is 1.25. The van der Waals surface area contributed by atoms with Crippen molar-refractivity contribution in [3.63, 3.8) is 0 Å². The lowest BCUT2D eigenvalue weighted by atomic mass is 9.97. The van der Waals surface area contributed by atoms with Gasteiger partial charge in [-0.25, -0.2) is 4.79 Å². The molecule has 0 spiro atoms. The lowest BCUT2D eigenvalue weighted by molar-refractivity contribution is -0.129. The van der Waals surface area contributed by atoms with Crippen molar-refractivity contribution in [3.05, 3.63) is 28.8 Å². The summed E-state index contributed by atoms with van der Waals surface area (Å²) < 4.78 is 0. The highest BCUT2D eigenvalue weighted by molar-refractivity contribution is 8.14. The molecule has 0 N–H and O–H groups in total. The fraction of sp³-hybridized carbons (Fsp3) is 0.250. The maximum Gasteiger partial charge on any atom is 0.350 e. The molecule has 0 bridgehead atoms. The van der Waals surface area contributed by atoms with E-state index in [9.17, 15) is 9.59 Å². The summed E-state index contributed by atoms with van der Waals surface area (Å²) in [5.41, 5.74) is 1.03. The standard InChI is InChI=1S/C12H9ClN2O2S/c1-15-11(16)8-5-6-4-7(13)2-3-9(6)18-10(8)14-12(15)17/h2-4,8H,5H2,1H3. The number of imide groups is 1. The van der Waals surface area contributed by atoms with Gasteiger partial charge in [0.15, 0.2) is 0 Å². The van der Waals surface area contributed by atoms with E-state index in [0.29, 0.717) is 16.5 Å². The second-order valence-corrected chi connectivity index (χ2v) is 5.74. The SMILES string of the molecule is CN1C(=O)N=C2Sc3ccc(Cl)cc3CC2C1=O. The molecule has 1 unspecified atom stereocenters. The van der Waals surface area contributed by atoms with E-state index >= 15 is 0 Å². The van der Waals surface area contributed by atoms with Crippen molar-refractivity contribution < 1.29 is 9.59 Å². The van der Waals surface area contributed by atoms with Crippen LogP contribution in [0.2, 0.25) is 5.02 Å². The molecule has 0 aromatic heterocycles. The van der Waals surface area contributed by atoms with Gasteiger partial charge < -0.3 is 0 Å². The normalized spacial score (nSPS) is 22.4. The van der Waals surface area contributed by atoms with Gasteiger partial charge in [0.05, 0.1) is 11.0 Å². The summed E-state index contributed by atoms with van der Waals surface area (Å²) in [6, 6.07) is 5.07. The molecule has 92 valence electrons. The molecule has 6 heteroatoms. The van der Waals surface area contributed by atoms with Crippen LogP contribution in [0.1, 0.15) is 5.56 Å². The number of aliphatic imine (C=N–C) groups is 1. The number of urea groups is 1. The number of nitrogens with zero attached hydrogens (tertiary/aromatic N) is 2. The summed E-state index contributed by atoms with van der Waals surface area (Å²) in [5.74, 6) is -0.535. The first-order valence-electron chi connectivity index (χ1n) is 5.42. The van der Waals surface area contributed by atoms with Gasteiger partial charge in [0.1, 0.15) is 0 Å². The van der Waals surface area contributed by atoms with Gasteiger partial charge >= 0.3 is 6.03 Å². The van der Waals surface area contributed by atoms with Gasteiger partial charge in [-0.05, 0) is 30.2 Å². The average molecular weight is 281 g/mol. The van der Waals surface area contributed by atoms with Gasteiger partial charge in [-0.3, -0.25) is 9.69 Å². The monoisotopic (exact) mass is 280 g/mol. The molecule has 2 aliphatic heterocycles. The quantitative estimate of drug-likeness (QED) is 0.734. The summed E-state index contributed by atoms with van der Waals surface area (Å²) in [6.45, 7) is 0. The van der Waals surface area contributed by atoms with Gasteiger partial charge in [-0.1, -0.05) is 23.4 Å². The van der Waals surface area contributed by atoms with Crippen molar-refractivity contribution in [3.8, 4) is 0 Å². The first kappa shape index (κ1) is 11.7. The number of thioether (sulfide) groups is 1. The van der Waals surface area contributed by atoms with Crippen molar-refractivity contribution in [2.75, 3.05) is 7.05 Å². The lowest BCUT2D eigenvalue weighted by Crippen LogP contribution is -2.45. The molecule has 1 aromatic rings. The maximum absolute atomic E-state index is 12.0. The zero-order chi connectivity index (χ0) is 12.9. The Morgan fingerprint density at radius 2 is 2.22 bits per heavy atom. The minimum absolute atomic E-state index is 0.192. The van der Waals surface area contributed by atoms with Crippen molar-refractivity contribution in [2.24, 2.45) is 10.9 Å². The van der Waals surface area contributed by atoms with Crippen LogP contribution in [0.4, 0.5) is 4.79 Å². The molecule has 2 heterocycles. The first-order chi connectivity index (χ1) is 8.56. The van der Waals surface area contributed by atoms with Crippen molar-refractivity contribution in [1.82, 2.24) is 4.90 Å². The Labute approximate surface area is 113 Å². The molecule has 0 saturated heterocycles. The number of hydrogen-bond acceptors (Lipinski definition) is 3. The Hall–Kier alpha value is -1.33. The van der Waals surface area contributed by atoms with Gasteiger partial charge in [-0.15, -0.1) is 0 Å². The number of fused-ring (bicyclic) bond motifs is 2. The molecular formula is C12H9ClN2O2S. The highest BCUT2D eigenvalue weighted by atomic mass is 35.5.